The van der Waals surface area contributed by atoms with Gasteiger partial charge in [-0.25, -0.2) is 0 Å². The maximum absolute atomic E-state index is 12.4. The van der Waals surface area contributed by atoms with E-state index in [0.29, 0.717) is 30.6 Å². The zero-order valence-electron chi connectivity index (χ0n) is 11.8. The van der Waals surface area contributed by atoms with Gasteiger partial charge in [-0.05, 0) is 30.5 Å². The lowest BCUT2D eigenvalue weighted by atomic mass is 9.82. The number of hydrogen-bond acceptors (Lipinski definition) is 3. The van der Waals surface area contributed by atoms with Crippen LogP contribution in [0.15, 0.2) is 30.4 Å². The molecule has 2 amide bonds. The molecule has 0 aromatic heterocycles. The summed E-state index contributed by atoms with van der Waals surface area (Å²) in [5.74, 6) is -2.74. The fraction of sp³-hybridized carbons (Fsp3) is 0.312. The summed E-state index contributed by atoms with van der Waals surface area (Å²) in [5, 5.41) is 14.7. The summed E-state index contributed by atoms with van der Waals surface area (Å²) >= 11 is 0. The number of nitrogens with one attached hydrogen (secondary N) is 2. The Hall–Kier alpha value is -2.63. The second-order valence-electron chi connectivity index (χ2n) is 5.54. The normalized spacial score (nSPS) is 22.8. The Morgan fingerprint density at radius 2 is 1.91 bits per heavy atom. The minimum Gasteiger partial charge on any atom is -0.481 e. The van der Waals surface area contributed by atoms with Crippen LogP contribution >= 0.6 is 0 Å². The Kier molecular flexibility index (Phi) is 3.66. The van der Waals surface area contributed by atoms with Crippen LogP contribution in [0.25, 0.3) is 0 Å². The Balaban J connectivity index is 1.77. The number of carbonyl (C=O) groups is 3. The van der Waals surface area contributed by atoms with Gasteiger partial charge in [-0.2, -0.15) is 0 Å². The first-order chi connectivity index (χ1) is 10.6. The molecule has 0 bridgehead atoms. The molecule has 0 unspecified atom stereocenters. The van der Waals surface area contributed by atoms with E-state index in [0.717, 1.165) is 5.56 Å². The van der Waals surface area contributed by atoms with Crippen molar-refractivity contribution in [3.8, 4) is 0 Å². The van der Waals surface area contributed by atoms with E-state index in [4.69, 9.17) is 0 Å². The average molecular weight is 300 g/mol. The first-order valence-electron chi connectivity index (χ1n) is 7.16. The highest BCUT2D eigenvalue weighted by Crippen LogP contribution is 2.28. The van der Waals surface area contributed by atoms with Crippen molar-refractivity contribution in [1.82, 2.24) is 5.32 Å². The van der Waals surface area contributed by atoms with E-state index in [-0.39, 0.29) is 11.8 Å². The van der Waals surface area contributed by atoms with Crippen LogP contribution in [0.1, 0.15) is 28.8 Å². The number of allylic oxidation sites excluding steroid dienone is 2. The van der Waals surface area contributed by atoms with Crippen LogP contribution in [-0.4, -0.2) is 22.9 Å². The monoisotopic (exact) mass is 300 g/mol. The third kappa shape index (κ3) is 2.59. The van der Waals surface area contributed by atoms with Gasteiger partial charge >= 0.3 is 5.97 Å². The largest absolute Gasteiger partial charge is 0.481 e. The van der Waals surface area contributed by atoms with Crippen LogP contribution < -0.4 is 10.6 Å². The van der Waals surface area contributed by atoms with Crippen LogP contribution in [0.3, 0.4) is 0 Å². The fourth-order valence-electron chi connectivity index (χ4n) is 2.90. The molecule has 0 spiro atoms. The summed E-state index contributed by atoms with van der Waals surface area (Å²) in [6.07, 6.45) is 4.40. The van der Waals surface area contributed by atoms with E-state index in [1.807, 2.05) is 6.08 Å². The number of aliphatic carboxylic acids is 1. The minimum atomic E-state index is -0.960. The summed E-state index contributed by atoms with van der Waals surface area (Å²) in [5.41, 5.74) is 1.96. The molecule has 1 aromatic carbocycles. The van der Waals surface area contributed by atoms with E-state index < -0.39 is 17.8 Å². The van der Waals surface area contributed by atoms with Crippen molar-refractivity contribution in [1.29, 1.82) is 0 Å². The highest BCUT2D eigenvalue weighted by atomic mass is 16.4. The van der Waals surface area contributed by atoms with Crippen LogP contribution in [0.2, 0.25) is 0 Å². The number of benzene rings is 1. The number of carboxylic acid groups (broad SMARTS) is 1. The first-order valence-corrected chi connectivity index (χ1v) is 7.16. The van der Waals surface area contributed by atoms with Gasteiger partial charge < -0.3 is 15.7 Å². The molecule has 0 fully saturated rings. The van der Waals surface area contributed by atoms with Crippen molar-refractivity contribution in [2.24, 2.45) is 11.8 Å². The molecule has 2 atom stereocenters. The van der Waals surface area contributed by atoms with Crippen molar-refractivity contribution in [3.05, 3.63) is 41.5 Å². The quantitative estimate of drug-likeness (QED) is 0.738. The van der Waals surface area contributed by atoms with Gasteiger partial charge in [0.25, 0.3) is 5.91 Å². The van der Waals surface area contributed by atoms with Crippen LogP contribution in [0.5, 0.6) is 0 Å². The maximum atomic E-state index is 12.4. The lowest BCUT2D eigenvalue weighted by Gasteiger charge is -2.24. The number of fused-ring (bicyclic) bond motifs is 1. The number of amides is 2. The molecule has 3 N–H and O–H groups in total. The highest BCUT2D eigenvalue weighted by Gasteiger charge is 2.34. The molecule has 1 aromatic rings. The number of carbonyl (C=O) groups excluding carboxylic acids is 2. The molecule has 6 heteroatoms. The van der Waals surface area contributed by atoms with Gasteiger partial charge in [-0.3, -0.25) is 14.4 Å². The molecule has 1 heterocycles. The predicted octanol–water partition coefficient (Wildman–Crippen LogP) is 1.54. The van der Waals surface area contributed by atoms with Crippen molar-refractivity contribution in [3.63, 3.8) is 0 Å². The standard InChI is InChI=1S/C16H16N2O4/c19-14-13-7-10(6-5-9(13)8-17-14)18-15(20)11-3-1-2-4-12(11)16(21)22/h1-2,5-7,11-12H,3-4,8H2,(H,17,19)(H,18,20)(H,21,22)/t11-,12+/m0/s1. The van der Waals surface area contributed by atoms with Gasteiger partial charge in [-0.15, -0.1) is 0 Å². The summed E-state index contributed by atoms with van der Waals surface area (Å²) < 4.78 is 0. The molecule has 22 heavy (non-hydrogen) atoms. The van der Waals surface area contributed by atoms with Crippen LogP contribution in [0.4, 0.5) is 5.69 Å². The molecule has 0 saturated carbocycles. The number of anilines is 1. The molecular formula is C16H16N2O4. The van der Waals surface area contributed by atoms with Crippen LogP contribution in [0, 0.1) is 11.8 Å². The third-order valence-corrected chi connectivity index (χ3v) is 4.15. The topological polar surface area (TPSA) is 95.5 Å². The van der Waals surface area contributed by atoms with E-state index in [1.165, 1.54) is 0 Å². The lowest BCUT2D eigenvalue weighted by molar-refractivity contribution is -0.146. The molecule has 0 radical (unpaired) electrons. The van der Waals surface area contributed by atoms with Crippen molar-refractivity contribution < 1.29 is 19.5 Å². The molecule has 2 aliphatic rings. The molecule has 114 valence electrons. The Labute approximate surface area is 127 Å². The average Bonchev–Trinajstić information content (AvgIpc) is 2.88. The predicted molar refractivity (Wildman–Crippen MR) is 79.2 cm³/mol. The zero-order chi connectivity index (χ0) is 15.7. The summed E-state index contributed by atoms with van der Waals surface area (Å²) in [7, 11) is 0. The third-order valence-electron chi connectivity index (χ3n) is 4.15. The number of carboxylic acids is 1. The van der Waals surface area contributed by atoms with Gasteiger partial charge in [0.15, 0.2) is 0 Å². The van der Waals surface area contributed by atoms with Crippen molar-refractivity contribution >= 4 is 23.5 Å². The Bertz CT molecular complexity index is 681. The van der Waals surface area contributed by atoms with Crippen molar-refractivity contribution in [2.75, 3.05) is 5.32 Å². The Morgan fingerprint density at radius 3 is 2.64 bits per heavy atom. The molecular weight excluding hydrogens is 284 g/mol. The van der Waals surface area contributed by atoms with Gasteiger partial charge in [-0.1, -0.05) is 18.2 Å². The molecule has 1 aliphatic heterocycles. The highest BCUT2D eigenvalue weighted by molar-refractivity contribution is 6.01. The number of hydrogen-bond donors (Lipinski definition) is 3. The SMILES string of the molecule is O=C1NCc2ccc(NC(=O)[C@H]3CC=CC[C@H]3C(=O)O)cc21. The zero-order valence-corrected chi connectivity index (χ0v) is 11.8. The van der Waals surface area contributed by atoms with E-state index in [9.17, 15) is 19.5 Å². The molecule has 1 aliphatic carbocycles. The van der Waals surface area contributed by atoms with E-state index in [2.05, 4.69) is 10.6 Å². The summed E-state index contributed by atoms with van der Waals surface area (Å²) in [4.78, 5) is 35.2. The minimum absolute atomic E-state index is 0.157. The van der Waals surface area contributed by atoms with Crippen LogP contribution in [-0.2, 0) is 16.1 Å². The second-order valence-corrected chi connectivity index (χ2v) is 5.54. The summed E-state index contributed by atoms with van der Waals surface area (Å²) in [6, 6.07) is 5.15. The van der Waals surface area contributed by atoms with Gasteiger partial charge in [0, 0.05) is 17.8 Å². The molecule has 0 saturated heterocycles. The molecule has 6 nitrogen and oxygen atoms in total. The van der Waals surface area contributed by atoms with Gasteiger partial charge in [0.05, 0.1) is 11.8 Å². The van der Waals surface area contributed by atoms with Gasteiger partial charge in [0.2, 0.25) is 5.91 Å². The second kappa shape index (κ2) is 5.63. The smallest absolute Gasteiger partial charge is 0.307 e. The van der Waals surface area contributed by atoms with Gasteiger partial charge in [0.1, 0.15) is 0 Å². The molecule has 3 rings (SSSR count). The van der Waals surface area contributed by atoms with E-state index in [1.54, 1.807) is 24.3 Å². The van der Waals surface area contributed by atoms with Crippen molar-refractivity contribution in [2.45, 2.75) is 19.4 Å². The Morgan fingerprint density at radius 1 is 1.18 bits per heavy atom. The number of rotatable bonds is 3. The van der Waals surface area contributed by atoms with E-state index >= 15 is 0 Å². The fourth-order valence-corrected chi connectivity index (χ4v) is 2.90. The summed E-state index contributed by atoms with van der Waals surface area (Å²) in [6.45, 7) is 0.497. The lowest BCUT2D eigenvalue weighted by Crippen LogP contribution is -2.34. The first kappa shape index (κ1) is 14.3. The maximum Gasteiger partial charge on any atom is 0.307 e.